The van der Waals surface area contributed by atoms with Gasteiger partial charge in [0.15, 0.2) is 0 Å². The lowest BCUT2D eigenvalue weighted by Gasteiger charge is -2.08. The summed E-state index contributed by atoms with van der Waals surface area (Å²) in [6, 6.07) is 6.42. The van der Waals surface area contributed by atoms with Crippen LogP contribution in [0, 0.1) is 13.8 Å². The largest absolute Gasteiger partial charge is 0.388 e. The van der Waals surface area contributed by atoms with E-state index in [4.69, 9.17) is 5.11 Å². The van der Waals surface area contributed by atoms with E-state index < -0.39 is 0 Å². The summed E-state index contributed by atoms with van der Waals surface area (Å²) in [4.78, 5) is 4.08. The Bertz CT molecular complexity index is 488. The lowest BCUT2D eigenvalue weighted by Crippen LogP contribution is -2.04. The summed E-state index contributed by atoms with van der Waals surface area (Å²) in [7, 11) is 0. The van der Waals surface area contributed by atoms with E-state index in [1.165, 1.54) is 16.7 Å². The molecule has 2 aromatic rings. The molecule has 16 heavy (non-hydrogen) atoms. The van der Waals surface area contributed by atoms with Crippen LogP contribution in [0.5, 0.6) is 0 Å². The van der Waals surface area contributed by atoms with E-state index in [0.29, 0.717) is 5.82 Å². The molecule has 1 aromatic heterocycles. The second-order valence-electron chi connectivity index (χ2n) is 4.05. The molecule has 0 saturated carbocycles. The fourth-order valence-electron chi connectivity index (χ4n) is 1.73. The van der Waals surface area contributed by atoms with Gasteiger partial charge in [-0.2, -0.15) is 0 Å². The Morgan fingerprint density at radius 1 is 1.25 bits per heavy atom. The van der Waals surface area contributed by atoms with Crippen LogP contribution in [0.15, 0.2) is 30.6 Å². The van der Waals surface area contributed by atoms with Crippen molar-refractivity contribution in [2.24, 2.45) is 0 Å². The first kappa shape index (κ1) is 10.9. The summed E-state index contributed by atoms with van der Waals surface area (Å²) in [5, 5.41) is 9.10. The second kappa shape index (κ2) is 4.49. The molecule has 0 unspecified atom stereocenters. The first-order valence-electron chi connectivity index (χ1n) is 5.37. The highest BCUT2D eigenvalue weighted by Gasteiger charge is 2.02. The molecule has 1 N–H and O–H groups in total. The Morgan fingerprint density at radius 2 is 2.06 bits per heavy atom. The number of rotatable bonds is 3. The van der Waals surface area contributed by atoms with E-state index in [1.54, 1.807) is 6.20 Å². The molecule has 3 nitrogen and oxygen atoms in total. The first-order chi connectivity index (χ1) is 7.70. The number of imidazole rings is 1. The molecule has 0 aliphatic rings. The van der Waals surface area contributed by atoms with Gasteiger partial charge in [0.05, 0.1) is 0 Å². The van der Waals surface area contributed by atoms with Crippen LogP contribution < -0.4 is 0 Å². The number of aliphatic hydroxyl groups excluding tert-OH is 1. The van der Waals surface area contributed by atoms with Gasteiger partial charge in [-0.05, 0) is 30.5 Å². The highest BCUT2D eigenvalue weighted by Crippen LogP contribution is 2.12. The molecule has 0 bridgehead atoms. The standard InChI is InChI=1S/C13H16N2O/c1-10-3-4-12(7-11(10)2)8-15-6-5-14-13(15)9-16/h3-7,16H,8-9H2,1-2H3. The first-order valence-corrected chi connectivity index (χ1v) is 5.37. The molecule has 1 aromatic carbocycles. The maximum atomic E-state index is 9.10. The summed E-state index contributed by atoms with van der Waals surface area (Å²) < 4.78 is 1.96. The molecule has 0 aliphatic carbocycles. The third-order valence-electron chi connectivity index (χ3n) is 2.87. The number of aromatic nitrogens is 2. The zero-order valence-electron chi connectivity index (χ0n) is 9.64. The fourth-order valence-corrected chi connectivity index (χ4v) is 1.73. The normalized spacial score (nSPS) is 10.7. The predicted molar refractivity (Wildman–Crippen MR) is 63.2 cm³/mol. The van der Waals surface area contributed by atoms with Crippen LogP contribution in [0.25, 0.3) is 0 Å². The summed E-state index contributed by atoms with van der Waals surface area (Å²) in [6.45, 7) is 4.96. The predicted octanol–water partition coefficient (Wildman–Crippen LogP) is 2.04. The second-order valence-corrected chi connectivity index (χ2v) is 4.05. The van der Waals surface area contributed by atoms with Crippen molar-refractivity contribution in [2.45, 2.75) is 27.0 Å². The molecular weight excluding hydrogens is 200 g/mol. The van der Waals surface area contributed by atoms with E-state index in [0.717, 1.165) is 6.54 Å². The number of hydrogen-bond acceptors (Lipinski definition) is 2. The molecule has 0 saturated heterocycles. The molecule has 0 spiro atoms. The minimum absolute atomic E-state index is 0.0160. The number of aryl methyl sites for hydroxylation is 2. The summed E-state index contributed by atoms with van der Waals surface area (Å²) in [6.07, 6.45) is 3.60. The SMILES string of the molecule is Cc1ccc(Cn2ccnc2CO)cc1C. The van der Waals surface area contributed by atoms with Crippen LogP contribution in [0.4, 0.5) is 0 Å². The lowest BCUT2D eigenvalue weighted by molar-refractivity contribution is 0.266. The van der Waals surface area contributed by atoms with Crippen molar-refractivity contribution >= 4 is 0 Å². The Labute approximate surface area is 95.4 Å². The maximum absolute atomic E-state index is 9.10. The molecule has 0 atom stereocenters. The molecule has 0 amide bonds. The van der Waals surface area contributed by atoms with Gasteiger partial charge in [-0.25, -0.2) is 4.98 Å². The van der Waals surface area contributed by atoms with Crippen LogP contribution in [0.3, 0.4) is 0 Å². The number of aliphatic hydroxyl groups is 1. The molecule has 2 rings (SSSR count). The lowest BCUT2D eigenvalue weighted by atomic mass is 10.1. The van der Waals surface area contributed by atoms with Gasteiger partial charge >= 0.3 is 0 Å². The van der Waals surface area contributed by atoms with Crippen molar-refractivity contribution in [3.8, 4) is 0 Å². The number of hydrogen-bond donors (Lipinski definition) is 1. The summed E-state index contributed by atoms with van der Waals surface area (Å²) in [5.41, 5.74) is 3.83. The van der Waals surface area contributed by atoms with Crippen LogP contribution in [-0.4, -0.2) is 14.7 Å². The number of benzene rings is 1. The quantitative estimate of drug-likeness (QED) is 0.852. The zero-order chi connectivity index (χ0) is 11.5. The van der Waals surface area contributed by atoms with Gasteiger partial charge in [-0.1, -0.05) is 18.2 Å². The van der Waals surface area contributed by atoms with E-state index >= 15 is 0 Å². The highest BCUT2D eigenvalue weighted by atomic mass is 16.3. The van der Waals surface area contributed by atoms with E-state index in [-0.39, 0.29) is 6.61 Å². The molecule has 0 aliphatic heterocycles. The van der Waals surface area contributed by atoms with Crippen LogP contribution in [-0.2, 0) is 13.2 Å². The average Bonchev–Trinajstić information content (AvgIpc) is 2.71. The van der Waals surface area contributed by atoms with Crippen LogP contribution >= 0.6 is 0 Å². The fraction of sp³-hybridized carbons (Fsp3) is 0.308. The van der Waals surface area contributed by atoms with Gasteiger partial charge in [0, 0.05) is 18.9 Å². The summed E-state index contributed by atoms with van der Waals surface area (Å²) >= 11 is 0. The minimum Gasteiger partial charge on any atom is -0.388 e. The van der Waals surface area contributed by atoms with E-state index in [1.807, 2.05) is 10.8 Å². The topological polar surface area (TPSA) is 38.0 Å². The molecular formula is C13H16N2O. The van der Waals surface area contributed by atoms with Gasteiger partial charge in [0.25, 0.3) is 0 Å². The molecule has 3 heteroatoms. The van der Waals surface area contributed by atoms with Gasteiger partial charge < -0.3 is 9.67 Å². The maximum Gasteiger partial charge on any atom is 0.134 e. The third-order valence-corrected chi connectivity index (χ3v) is 2.87. The molecule has 84 valence electrons. The van der Waals surface area contributed by atoms with Crippen molar-refractivity contribution in [3.05, 3.63) is 53.1 Å². The Balaban J connectivity index is 2.24. The van der Waals surface area contributed by atoms with Gasteiger partial charge in [-0.3, -0.25) is 0 Å². The van der Waals surface area contributed by atoms with Gasteiger partial charge in [0.2, 0.25) is 0 Å². The van der Waals surface area contributed by atoms with E-state index in [2.05, 4.69) is 37.0 Å². The molecule has 1 heterocycles. The number of nitrogens with zero attached hydrogens (tertiary/aromatic N) is 2. The molecule has 0 radical (unpaired) electrons. The van der Waals surface area contributed by atoms with Gasteiger partial charge in [-0.15, -0.1) is 0 Å². The van der Waals surface area contributed by atoms with Crippen molar-refractivity contribution in [3.63, 3.8) is 0 Å². The van der Waals surface area contributed by atoms with Crippen molar-refractivity contribution < 1.29 is 5.11 Å². The van der Waals surface area contributed by atoms with Crippen molar-refractivity contribution in [1.82, 2.24) is 9.55 Å². The van der Waals surface area contributed by atoms with Crippen LogP contribution in [0.2, 0.25) is 0 Å². The smallest absolute Gasteiger partial charge is 0.134 e. The van der Waals surface area contributed by atoms with Crippen molar-refractivity contribution in [2.75, 3.05) is 0 Å². The third kappa shape index (κ3) is 2.14. The Kier molecular flexibility index (Phi) is 3.06. The summed E-state index contributed by atoms with van der Waals surface area (Å²) in [5.74, 6) is 0.707. The van der Waals surface area contributed by atoms with Gasteiger partial charge in [0.1, 0.15) is 12.4 Å². The van der Waals surface area contributed by atoms with Crippen molar-refractivity contribution in [1.29, 1.82) is 0 Å². The minimum atomic E-state index is -0.0160. The monoisotopic (exact) mass is 216 g/mol. The van der Waals surface area contributed by atoms with Crippen LogP contribution in [0.1, 0.15) is 22.5 Å². The zero-order valence-corrected chi connectivity index (χ0v) is 9.64. The Morgan fingerprint density at radius 3 is 2.75 bits per heavy atom. The highest BCUT2D eigenvalue weighted by molar-refractivity contribution is 5.30. The Hall–Kier alpha value is -1.61. The van der Waals surface area contributed by atoms with E-state index in [9.17, 15) is 0 Å². The molecule has 0 fully saturated rings. The average molecular weight is 216 g/mol.